The van der Waals surface area contributed by atoms with Crippen LogP contribution >= 0.6 is 12.4 Å². The van der Waals surface area contributed by atoms with Crippen LogP contribution in [0.4, 0.5) is 0 Å². The van der Waals surface area contributed by atoms with Gasteiger partial charge in [-0.15, -0.1) is 12.4 Å². The Morgan fingerprint density at radius 1 is 1.24 bits per heavy atom. The normalized spacial score (nSPS) is 9.53. The van der Waals surface area contributed by atoms with Crippen LogP contribution in [0.3, 0.4) is 0 Å². The summed E-state index contributed by atoms with van der Waals surface area (Å²) in [6.45, 7) is 0.416. The van der Waals surface area contributed by atoms with Gasteiger partial charge in [0.25, 0.3) is 0 Å². The first-order chi connectivity index (χ1) is 7.83. The highest BCUT2D eigenvalue weighted by atomic mass is 35.5. The fourth-order valence-corrected chi connectivity index (χ4v) is 1.45. The van der Waals surface area contributed by atoms with Crippen molar-refractivity contribution in [2.75, 3.05) is 7.11 Å². The molecular formula is C12H14ClN3O. The highest BCUT2D eigenvalue weighted by molar-refractivity contribution is 5.85. The lowest BCUT2D eigenvalue weighted by molar-refractivity contribution is 0.415. The summed E-state index contributed by atoms with van der Waals surface area (Å²) in [7, 11) is 1.64. The first-order valence-electron chi connectivity index (χ1n) is 4.99. The van der Waals surface area contributed by atoms with Gasteiger partial charge in [-0.05, 0) is 18.2 Å². The number of halogens is 1. The maximum atomic E-state index is 5.54. The van der Waals surface area contributed by atoms with Gasteiger partial charge < -0.3 is 10.5 Å². The minimum atomic E-state index is 0. The number of ether oxygens (including phenoxy) is 1. The maximum Gasteiger partial charge on any atom is 0.119 e. The van der Waals surface area contributed by atoms with Crippen molar-refractivity contribution in [3.63, 3.8) is 0 Å². The first-order valence-corrected chi connectivity index (χ1v) is 4.99. The molecule has 2 N–H and O–H groups in total. The second kappa shape index (κ2) is 6.18. The SMILES string of the molecule is COc1cccc(-c2cc(CN)ncn2)c1.Cl. The van der Waals surface area contributed by atoms with Gasteiger partial charge in [-0.3, -0.25) is 0 Å². The zero-order valence-electron chi connectivity index (χ0n) is 9.46. The van der Waals surface area contributed by atoms with Crippen molar-refractivity contribution in [1.82, 2.24) is 9.97 Å². The molecule has 0 aliphatic heterocycles. The number of hydrogen-bond acceptors (Lipinski definition) is 4. The Morgan fingerprint density at radius 2 is 2.06 bits per heavy atom. The Hall–Kier alpha value is -1.65. The standard InChI is InChI=1S/C12H13N3O.ClH/c1-16-11-4-2-3-9(5-11)12-6-10(7-13)14-8-15-12;/h2-6,8H,7,13H2,1H3;1H. The van der Waals surface area contributed by atoms with Crippen molar-refractivity contribution in [3.8, 4) is 17.0 Å². The molecule has 2 rings (SSSR count). The minimum Gasteiger partial charge on any atom is -0.497 e. The summed E-state index contributed by atoms with van der Waals surface area (Å²) < 4.78 is 5.16. The molecule has 17 heavy (non-hydrogen) atoms. The Balaban J connectivity index is 0.00000144. The Morgan fingerprint density at radius 3 is 2.76 bits per heavy atom. The van der Waals surface area contributed by atoms with Crippen molar-refractivity contribution in [2.24, 2.45) is 5.73 Å². The molecule has 2 aromatic rings. The summed E-state index contributed by atoms with van der Waals surface area (Å²) in [5, 5.41) is 0. The molecule has 0 atom stereocenters. The molecule has 0 saturated heterocycles. The smallest absolute Gasteiger partial charge is 0.119 e. The van der Waals surface area contributed by atoms with Crippen molar-refractivity contribution in [2.45, 2.75) is 6.54 Å². The van der Waals surface area contributed by atoms with Gasteiger partial charge in [-0.25, -0.2) is 9.97 Å². The zero-order valence-corrected chi connectivity index (χ0v) is 10.3. The van der Waals surface area contributed by atoms with Crippen LogP contribution in [-0.4, -0.2) is 17.1 Å². The van der Waals surface area contributed by atoms with Crippen LogP contribution in [0.25, 0.3) is 11.3 Å². The second-order valence-corrected chi connectivity index (χ2v) is 3.33. The summed E-state index contributed by atoms with van der Waals surface area (Å²) in [6, 6.07) is 9.62. The van der Waals surface area contributed by atoms with E-state index < -0.39 is 0 Å². The monoisotopic (exact) mass is 251 g/mol. The van der Waals surface area contributed by atoms with Gasteiger partial charge in [0, 0.05) is 12.1 Å². The quantitative estimate of drug-likeness (QED) is 0.907. The molecule has 0 aliphatic rings. The molecule has 0 unspecified atom stereocenters. The molecule has 0 radical (unpaired) electrons. The average Bonchev–Trinajstić information content (AvgIpc) is 2.39. The van der Waals surface area contributed by atoms with Gasteiger partial charge in [0.05, 0.1) is 18.5 Å². The molecule has 0 bridgehead atoms. The van der Waals surface area contributed by atoms with Gasteiger partial charge in [0.15, 0.2) is 0 Å². The van der Waals surface area contributed by atoms with E-state index in [1.807, 2.05) is 30.3 Å². The number of nitrogens with zero attached hydrogens (tertiary/aromatic N) is 2. The van der Waals surface area contributed by atoms with Gasteiger partial charge in [-0.2, -0.15) is 0 Å². The molecule has 0 saturated carbocycles. The minimum absolute atomic E-state index is 0. The van der Waals surface area contributed by atoms with E-state index in [4.69, 9.17) is 10.5 Å². The van der Waals surface area contributed by atoms with Crippen LogP contribution < -0.4 is 10.5 Å². The van der Waals surface area contributed by atoms with E-state index in [2.05, 4.69) is 9.97 Å². The number of rotatable bonds is 3. The summed E-state index contributed by atoms with van der Waals surface area (Å²) in [5.41, 5.74) is 8.22. The molecule has 4 nitrogen and oxygen atoms in total. The molecule has 0 aliphatic carbocycles. The number of benzene rings is 1. The van der Waals surface area contributed by atoms with Crippen molar-refractivity contribution >= 4 is 12.4 Å². The van der Waals surface area contributed by atoms with Crippen molar-refractivity contribution < 1.29 is 4.74 Å². The highest BCUT2D eigenvalue weighted by Gasteiger charge is 2.02. The highest BCUT2D eigenvalue weighted by Crippen LogP contribution is 2.21. The molecule has 1 aromatic heterocycles. The van der Waals surface area contributed by atoms with E-state index in [0.29, 0.717) is 6.54 Å². The molecule has 0 amide bonds. The third-order valence-corrected chi connectivity index (χ3v) is 2.30. The predicted octanol–water partition coefficient (Wildman–Crippen LogP) is 2.03. The van der Waals surface area contributed by atoms with Gasteiger partial charge >= 0.3 is 0 Å². The van der Waals surface area contributed by atoms with E-state index in [-0.39, 0.29) is 12.4 Å². The lowest BCUT2D eigenvalue weighted by atomic mass is 10.1. The molecule has 0 spiro atoms. The fraction of sp³-hybridized carbons (Fsp3) is 0.167. The summed E-state index contributed by atoms with van der Waals surface area (Å²) in [6.07, 6.45) is 1.52. The number of hydrogen-bond donors (Lipinski definition) is 1. The Bertz CT molecular complexity index is 445. The predicted molar refractivity (Wildman–Crippen MR) is 69.2 cm³/mol. The lowest BCUT2D eigenvalue weighted by Gasteiger charge is -2.04. The van der Waals surface area contributed by atoms with Gasteiger partial charge in [0.1, 0.15) is 12.1 Å². The van der Waals surface area contributed by atoms with E-state index in [0.717, 1.165) is 22.7 Å². The first kappa shape index (κ1) is 13.4. The third kappa shape index (κ3) is 3.15. The van der Waals surface area contributed by atoms with Crippen LogP contribution in [0.15, 0.2) is 36.7 Å². The maximum absolute atomic E-state index is 5.54. The van der Waals surface area contributed by atoms with E-state index in [1.54, 1.807) is 7.11 Å². The molecule has 90 valence electrons. The second-order valence-electron chi connectivity index (χ2n) is 3.33. The molecular weight excluding hydrogens is 238 g/mol. The van der Waals surface area contributed by atoms with E-state index in [9.17, 15) is 0 Å². The van der Waals surface area contributed by atoms with Crippen LogP contribution in [0, 0.1) is 0 Å². The van der Waals surface area contributed by atoms with Crippen molar-refractivity contribution in [1.29, 1.82) is 0 Å². The van der Waals surface area contributed by atoms with E-state index >= 15 is 0 Å². The summed E-state index contributed by atoms with van der Waals surface area (Å²) >= 11 is 0. The van der Waals surface area contributed by atoms with Gasteiger partial charge in [0.2, 0.25) is 0 Å². The third-order valence-electron chi connectivity index (χ3n) is 2.30. The number of nitrogens with two attached hydrogens (primary N) is 1. The van der Waals surface area contributed by atoms with Crippen molar-refractivity contribution in [3.05, 3.63) is 42.4 Å². The fourth-order valence-electron chi connectivity index (χ4n) is 1.45. The summed E-state index contributed by atoms with van der Waals surface area (Å²) in [4.78, 5) is 8.27. The number of aromatic nitrogens is 2. The van der Waals surface area contributed by atoms with Crippen LogP contribution in [0.5, 0.6) is 5.75 Å². The van der Waals surface area contributed by atoms with Crippen LogP contribution in [0.2, 0.25) is 0 Å². The Kier molecular flexibility index (Phi) is 4.87. The van der Waals surface area contributed by atoms with E-state index in [1.165, 1.54) is 6.33 Å². The van der Waals surface area contributed by atoms with Gasteiger partial charge in [-0.1, -0.05) is 12.1 Å². The zero-order chi connectivity index (χ0) is 11.4. The molecule has 1 aromatic carbocycles. The number of methoxy groups -OCH3 is 1. The van der Waals surface area contributed by atoms with Crippen LogP contribution in [0.1, 0.15) is 5.69 Å². The lowest BCUT2D eigenvalue weighted by Crippen LogP contribution is -2.00. The molecule has 0 fully saturated rings. The largest absolute Gasteiger partial charge is 0.497 e. The molecule has 5 heteroatoms. The topological polar surface area (TPSA) is 61.0 Å². The van der Waals surface area contributed by atoms with Crippen LogP contribution in [-0.2, 0) is 6.54 Å². The summed E-state index contributed by atoms with van der Waals surface area (Å²) in [5.74, 6) is 0.811. The average molecular weight is 252 g/mol. The molecule has 1 heterocycles. The Labute approximate surface area is 106 Å².